The molecule has 104 valence electrons. The van der Waals surface area contributed by atoms with Gasteiger partial charge in [0.25, 0.3) is 0 Å². The number of ether oxygens (including phenoxy) is 1. The van der Waals surface area contributed by atoms with E-state index >= 15 is 0 Å². The molecule has 0 aliphatic heterocycles. The zero-order chi connectivity index (χ0) is 14.2. The number of anilines is 1. The maximum Gasteiger partial charge on any atom is 0.411 e. The number of nitrogens with two attached hydrogens (primary N) is 1. The van der Waals surface area contributed by atoms with E-state index in [1.54, 1.807) is 0 Å². The molecule has 0 spiro atoms. The molecule has 0 radical (unpaired) electrons. The van der Waals surface area contributed by atoms with Crippen LogP contribution in [0.1, 0.15) is 16.3 Å². The van der Waals surface area contributed by atoms with Crippen molar-refractivity contribution in [2.45, 2.75) is 26.6 Å². The molecule has 0 atom stereocenters. The Morgan fingerprint density at radius 1 is 1.26 bits per heavy atom. The first-order valence-corrected chi connectivity index (χ1v) is 6.26. The fourth-order valence-electron chi connectivity index (χ4n) is 1.65. The minimum Gasteiger partial charge on any atom is -0.383 e. The summed E-state index contributed by atoms with van der Waals surface area (Å²) in [6.07, 6.45) is -4.36. The van der Waals surface area contributed by atoms with Gasteiger partial charge in [0.15, 0.2) is 5.82 Å². The number of halogens is 3. The number of nitrogens with zero attached hydrogens (tertiary/aromatic N) is 2. The fourth-order valence-corrected chi connectivity index (χ4v) is 2.71. The molecule has 0 saturated carbocycles. The van der Waals surface area contributed by atoms with Crippen molar-refractivity contribution in [2.24, 2.45) is 0 Å². The molecule has 2 heterocycles. The van der Waals surface area contributed by atoms with E-state index in [-0.39, 0.29) is 18.2 Å². The first kappa shape index (κ1) is 14.0. The molecule has 0 bridgehead atoms. The zero-order valence-corrected chi connectivity index (χ0v) is 11.2. The van der Waals surface area contributed by atoms with Crippen LogP contribution in [0.15, 0.2) is 0 Å². The minimum atomic E-state index is -4.36. The highest BCUT2D eigenvalue weighted by atomic mass is 32.1. The van der Waals surface area contributed by atoms with Gasteiger partial charge in [0, 0.05) is 4.88 Å². The molecule has 19 heavy (non-hydrogen) atoms. The van der Waals surface area contributed by atoms with Crippen LogP contribution in [0.25, 0.3) is 10.2 Å². The van der Waals surface area contributed by atoms with Crippen molar-refractivity contribution < 1.29 is 17.9 Å². The minimum absolute atomic E-state index is 0.163. The van der Waals surface area contributed by atoms with E-state index in [9.17, 15) is 13.2 Å². The molecule has 4 nitrogen and oxygen atoms in total. The Kier molecular flexibility index (Phi) is 3.64. The Bertz CT molecular complexity index is 609. The van der Waals surface area contributed by atoms with Gasteiger partial charge in [-0.1, -0.05) is 0 Å². The lowest BCUT2D eigenvalue weighted by Crippen LogP contribution is -2.17. The Hall–Kier alpha value is -1.41. The van der Waals surface area contributed by atoms with E-state index in [4.69, 9.17) is 5.73 Å². The molecular formula is C11H12F3N3OS. The van der Waals surface area contributed by atoms with Gasteiger partial charge < -0.3 is 10.5 Å². The molecule has 0 unspecified atom stereocenters. The third-order valence-corrected chi connectivity index (χ3v) is 3.70. The van der Waals surface area contributed by atoms with Crippen LogP contribution in [0, 0.1) is 13.8 Å². The van der Waals surface area contributed by atoms with E-state index in [2.05, 4.69) is 14.7 Å². The summed E-state index contributed by atoms with van der Waals surface area (Å²) in [5, 5.41) is 0.766. The summed E-state index contributed by atoms with van der Waals surface area (Å²) in [6, 6.07) is 0. The van der Waals surface area contributed by atoms with Crippen molar-refractivity contribution in [2.75, 3.05) is 12.3 Å². The molecule has 2 rings (SSSR count). The maximum atomic E-state index is 12.0. The summed E-state index contributed by atoms with van der Waals surface area (Å²) < 4.78 is 40.4. The number of rotatable bonds is 3. The van der Waals surface area contributed by atoms with Gasteiger partial charge in [0.1, 0.15) is 23.9 Å². The van der Waals surface area contributed by atoms with Crippen molar-refractivity contribution in [1.82, 2.24) is 9.97 Å². The van der Waals surface area contributed by atoms with Crippen LogP contribution in [0.3, 0.4) is 0 Å². The summed E-state index contributed by atoms with van der Waals surface area (Å²) in [4.78, 5) is 9.88. The lowest BCUT2D eigenvalue weighted by Gasteiger charge is -2.07. The van der Waals surface area contributed by atoms with E-state index in [0.29, 0.717) is 4.83 Å². The summed E-state index contributed by atoms with van der Waals surface area (Å²) in [5.41, 5.74) is 6.81. The van der Waals surface area contributed by atoms with Crippen molar-refractivity contribution in [3.63, 3.8) is 0 Å². The number of hydrogen-bond donors (Lipinski definition) is 1. The lowest BCUT2D eigenvalue weighted by molar-refractivity contribution is -0.177. The first-order chi connectivity index (χ1) is 8.78. The number of hydrogen-bond acceptors (Lipinski definition) is 5. The van der Waals surface area contributed by atoms with Crippen molar-refractivity contribution in [1.29, 1.82) is 0 Å². The average Bonchev–Trinajstić information content (AvgIpc) is 2.53. The fraction of sp³-hybridized carbons (Fsp3) is 0.455. The van der Waals surface area contributed by atoms with Crippen LogP contribution < -0.4 is 5.73 Å². The molecular weight excluding hydrogens is 279 g/mol. The second kappa shape index (κ2) is 4.93. The maximum absolute atomic E-state index is 12.0. The largest absolute Gasteiger partial charge is 0.411 e. The predicted octanol–water partition coefficient (Wildman–Crippen LogP) is 2.97. The van der Waals surface area contributed by atoms with E-state index in [0.717, 1.165) is 15.8 Å². The second-order valence-corrected chi connectivity index (χ2v) is 5.30. The summed E-state index contributed by atoms with van der Waals surface area (Å²) in [7, 11) is 0. The SMILES string of the molecule is Cc1sc2nc(COCC(F)(F)F)nc(N)c2c1C. The monoisotopic (exact) mass is 291 g/mol. The topological polar surface area (TPSA) is 61.0 Å². The van der Waals surface area contributed by atoms with Crippen LogP contribution in [-0.4, -0.2) is 22.8 Å². The van der Waals surface area contributed by atoms with Crippen LogP contribution in [0.2, 0.25) is 0 Å². The molecule has 0 aromatic carbocycles. The van der Waals surface area contributed by atoms with Gasteiger partial charge >= 0.3 is 6.18 Å². The number of aryl methyl sites for hydroxylation is 2. The van der Waals surface area contributed by atoms with Gasteiger partial charge in [-0.25, -0.2) is 9.97 Å². The number of aromatic nitrogens is 2. The molecule has 2 N–H and O–H groups in total. The van der Waals surface area contributed by atoms with E-state index in [1.807, 2.05) is 13.8 Å². The highest BCUT2D eigenvalue weighted by Crippen LogP contribution is 2.31. The van der Waals surface area contributed by atoms with E-state index in [1.165, 1.54) is 11.3 Å². The Morgan fingerprint density at radius 2 is 1.95 bits per heavy atom. The first-order valence-electron chi connectivity index (χ1n) is 5.44. The van der Waals surface area contributed by atoms with Crippen LogP contribution >= 0.6 is 11.3 Å². The van der Waals surface area contributed by atoms with Gasteiger partial charge in [-0.15, -0.1) is 11.3 Å². The molecule has 0 aliphatic rings. The van der Waals surface area contributed by atoms with Gasteiger partial charge in [-0.2, -0.15) is 13.2 Å². The lowest BCUT2D eigenvalue weighted by atomic mass is 10.2. The van der Waals surface area contributed by atoms with Crippen molar-refractivity contribution >= 4 is 27.4 Å². The Morgan fingerprint density at radius 3 is 2.58 bits per heavy atom. The summed E-state index contributed by atoms with van der Waals surface area (Å²) in [5.74, 6) is 0.438. The van der Waals surface area contributed by atoms with E-state index < -0.39 is 12.8 Å². The van der Waals surface area contributed by atoms with Crippen molar-refractivity contribution in [3.05, 3.63) is 16.3 Å². The Balaban J connectivity index is 2.22. The number of alkyl halides is 3. The molecule has 0 fully saturated rings. The summed E-state index contributed by atoms with van der Waals surface area (Å²) in [6.45, 7) is 2.21. The molecule has 0 amide bonds. The molecule has 2 aromatic rings. The van der Waals surface area contributed by atoms with Gasteiger partial charge in [0.05, 0.1) is 5.39 Å². The van der Waals surface area contributed by atoms with Crippen LogP contribution in [0.5, 0.6) is 0 Å². The average molecular weight is 291 g/mol. The van der Waals surface area contributed by atoms with Gasteiger partial charge in [-0.3, -0.25) is 0 Å². The normalized spacial score (nSPS) is 12.3. The highest BCUT2D eigenvalue weighted by molar-refractivity contribution is 7.18. The molecule has 0 saturated heterocycles. The number of thiophene rings is 1. The number of fused-ring (bicyclic) bond motifs is 1. The quantitative estimate of drug-likeness (QED) is 0.944. The zero-order valence-electron chi connectivity index (χ0n) is 10.3. The smallest absolute Gasteiger partial charge is 0.383 e. The Labute approximate surface area is 111 Å². The third kappa shape index (κ3) is 3.13. The summed E-state index contributed by atoms with van der Waals surface area (Å²) >= 11 is 1.44. The highest BCUT2D eigenvalue weighted by Gasteiger charge is 2.27. The molecule has 8 heteroatoms. The molecule has 0 aliphatic carbocycles. The van der Waals surface area contributed by atoms with Gasteiger partial charge in [0.2, 0.25) is 0 Å². The predicted molar refractivity (Wildman–Crippen MR) is 67.0 cm³/mol. The molecule has 2 aromatic heterocycles. The third-order valence-electron chi connectivity index (χ3n) is 2.60. The standard InChI is InChI=1S/C11H12F3N3OS/c1-5-6(2)19-10-8(5)9(15)16-7(17-10)3-18-4-11(12,13)14/h3-4H2,1-2H3,(H2,15,16,17). The number of nitrogen functional groups attached to an aromatic ring is 1. The van der Waals surface area contributed by atoms with Crippen LogP contribution in [-0.2, 0) is 11.3 Å². The second-order valence-electron chi connectivity index (χ2n) is 4.10. The van der Waals surface area contributed by atoms with Gasteiger partial charge in [-0.05, 0) is 19.4 Å². The van der Waals surface area contributed by atoms with Crippen molar-refractivity contribution in [3.8, 4) is 0 Å². The van der Waals surface area contributed by atoms with Crippen LogP contribution in [0.4, 0.5) is 19.0 Å².